The molecule has 8 heteroatoms. The van der Waals surface area contributed by atoms with Gasteiger partial charge in [0.2, 0.25) is 5.91 Å². The van der Waals surface area contributed by atoms with Gasteiger partial charge in [0.1, 0.15) is 5.75 Å². The molecule has 0 unspecified atom stereocenters. The second-order valence-corrected chi connectivity index (χ2v) is 6.72. The second kappa shape index (κ2) is 13.6. The molecule has 1 aliphatic rings. The van der Waals surface area contributed by atoms with Gasteiger partial charge in [0.05, 0.1) is 6.61 Å². The van der Waals surface area contributed by atoms with E-state index in [-0.39, 0.29) is 35.8 Å². The Morgan fingerprint density at radius 3 is 2.61 bits per heavy atom. The van der Waals surface area contributed by atoms with Gasteiger partial charge in [-0.05, 0) is 31.4 Å². The number of carbonyl (C=O) groups excluding carboxylic acids is 1. The molecule has 3 N–H and O–H groups in total. The summed E-state index contributed by atoms with van der Waals surface area (Å²) in [6, 6.07) is 6.19. The molecule has 0 saturated heterocycles. The van der Waals surface area contributed by atoms with Gasteiger partial charge in [-0.2, -0.15) is 0 Å². The minimum atomic E-state index is 0. The summed E-state index contributed by atoms with van der Waals surface area (Å²) in [7, 11) is 3.42. The summed E-state index contributed by atoms with van der Waals surface area (Å²) < 4.78 is 11.0. The molecule has 7 nitrogen and oxygen atoms in total. The van der Waals surface area contributed by atoms with E-state index in [1.54, 1.807) is 14.2 Å². The van der Waals surface area contributed by atoms with Crippen LogP contribution in [0.1, 0.15) is 30.4 Å². The van der Waals surface area contributed by atoms with Crippen molar-refractivity contribution >= 4 is 35.8 Å². The zero-order valence-electron chi connectivity index (χ0n) is 17.0. The molecule has 1 saturated carbocycles. The number of hydrogen-bond donors (Lipinski definition) is 3. The van der Waals surface area contributed by atoms with Crippen molar-refractivity contribution in [3.63, 3.8) is 0 Å². The molecule has 0 aliphatic heterocycles. The topological polar surface area (TPSA) is 84.0 Å². The second-order valence-electron chi connectivity index (χ2n) is 6.72. The largest absolute Gasteiger partial charge is 0.493 e. The van der Waals surface area contributed by atoms with Crippen molar-refractivity contribution < 1.29 is 14.3 Å². The Morgan fingerprint density at radius 2 is 1.93 bits per heavy atom. The summed E-state index contributed by atoms with van der Waals surface area (Å²) in [5.41, 5.74) is 2.23. The number of nitrogens with one attached hydrogen (secondary N) is 3. The first kappa shape index (κ1) is 24.5. The van der Waals surface area contributed by atoms with Crippen LogP contribution in [-0.4, -0.2) is 52.3 Å². The quantitative estimate of drug-likeness (QED) is 0.186. The minimum Gasteiger partial charge on any atom is -0.493 e. The van der Waals surface area contributed by atoms with E-state index in [1.807, 2.05) is 6.07 Å². The lowest BCUT2D eigenvalue weighted by atomic mass is 10.1. The summed E-state index contributed by atoms with van der Waals surface area (Å²) in [4.78, 5) is 15.8. The Labute approximate surface area is 185 Å². The predicted molar refractivity (Wildman–Crippen MR) is 123 cm³/mol. The number of guanidine groups is 1. The Balaban J connectivity index is 0.00000392. The van der Waals surface area contributed by atoms with Gasteiger partial charge in [-0.25, -0.2) is 0 Å². The van der Waals surface area contributed by atoms with E-state index in [9.17, 15) is 4.79 Å². The van der Waals surface area contributed by atoms with Crippen LogP contribution in [0.15, 0.2) is 23.2 Å². The standard InChI is InChI=1S/C20H32N4O3.HI/c1-15-5-6-17(18(13-15)27-12-4-11-26-3)14-24-20(21-2)23-10-9-22-19(25)16-7-8-16;/h5-6,13,16H,4,7-12,14H2,1-3H3,(H,22,25)(H2,21,23,24);1H. The van der Waals surface area contributed by atoms with Gasteiger partial charge in [-0.15, -0.1) is 24.0 Å². The molecule has 0 heterocycles. The fourth-order valence-corrected chi connectivity index (χ4v) is 2.58. The summed E-state index contributed by atoms with van der Waals surface area (Å²) >= 11 is 0. The van der Waals surface area contributed by atoms with Gasteiger partial charge < -0.3 is 25.4 Å². The Morgan fingerprint density at radius 1 is 1.18 bits per heavy atom. The fraction of sp³-hybridized carbons (Fsp3) is 0.600. The molecule has 1 aromatic rings. The first-order chi connectivity index (χ1) is 13.1. The van der Waals surface area contributed by atoms with Crippen LogP contribution in [0.4, 0.5) is 0 Å². The highest BCUT2D eigenvalue weighted by Crippen LogP contribution is 2.28. The van der Waals surface area contributed by atoms with Crippen molar-refractivity contribution in [3.8, 4) is 5.75 Å². The van der Waals surface area contributed by atoms with Crippen molar-refractivity contribution in [2.45, 2.75) is 32.7 Å². The van der Waals surface area contributed by atoms with Crippen LogP contribution >= 0.6 is 24.0 Å². The zero-order valence-corrected chi connectivity index (χ0v) is 19.4. The summed E-state index contributed by atoms with van der Waals surface area (Å²) in [5.74, 6) is 1.98. The number of nitrogens with zero attached hydrogens (tertiary/aromatic N) is 1. The third kappa shape index (κ3) is 9.09. The van der Waals surface area contributed by atoms with Gasteiger partial charge in [-0.1, -0.05) is 12.1 Å². The molecule has 0 aromatic heterocycles. The third-order valence-corrected chi connectivity index (χ3v) is 4.31. The number of halogens is 1. The lowest BCUT2D eigenvalue weighted by Gasteiger charge is -2.15. The summed E-state index contributed by atoms with van der Waals surface area (Å²) in [5, 5.41) is 9.44. The van der Waals surface area contributed by atoms with E-state index in [1.165, 1.54) is 0 Å². The van der Waals surface area contributed by atoms with Gasteiger partial charge in [0.15, 0.2) is 5.96 Å². The molecular formula is C20H33IN4O3. The smallest absolute Gasteiger partial charge is 0.223 e. The SMILES string of the molecule is CN=C(NCCNC(=O)C1CC1)NCc1ccc(C)cc1OCCCOC.I. The highest BCUT2D eigenvalue weighted by Gasteiger charge is 2.28. The number of ether oxygens (including phenoxy) is 2. The van der Waals surface area contributed by atoms with Crippen LogP contribution in [0.5, 0.6) is 5.75 Å². The highest BCUT2D eigenvalue weighted by atomic mass is 127. The molecule has 0 spiro atoms. The molecular weight excluding hydrogens is 471 g/mol. The van der Waals surface area contributed by atoms with Crippen LogP contribution in [0.2, 0.25) is 0 Å². The molecule has 1 aliphatic carbocycles. The lowest BCUT2D eigenvalue weighted by Crippen LogP contribution is -2.41. The number of rotatable bonds is 11. The molecule has 158 valence electrons. The maximum absolute atomic E-state index is 11.6. The first-order valence-corrected chi connectivity index (χ1v) is 9.57. The van der Waals surface area contributed by atoms with Gasteiger partial charge in [0.25, 0.3) is 0 Å². The highest BCUT2D eigenvalue weighted by molar-refractivity contribution is 14.0. The van der Waals surface area contributed by atoms with E-state index in [4.69, 9.17) is 9.47 Å². The maximum atomic E-state index is 11.6. The van der Waals surface area contributed by atoms with E-state index in [0.29, 0.717) is 38.8 Å². The average Bonchev–Trinajstić information content (AvgIpc) is 3.51. The van der Waals surface area contributed by atoms with Crippen molar-refractivity contribution in [1.29, 1.82) is 0 Å². The van der Waals surface area contributed by atoms with E-state index in [2.05, 4.69) is 40.0 Å². The van der Waals surface area contributed by atoms with Crippen LogP contribution in [-0.2, 0) is 16.1 Å². The zero-order chi connectivity index (χ0) is 19.5. The average molecular weight is 504 g/mol. The van der Waals surface area contributed by atoms with Crippen LogP contribution in [0.3, 0.4) is 0 Å². The van der Waals surface area contributed by atoms with Crippen LogP contribution in [0, 0.1) is 12.8 Å². The number of hydrogen-bond acceptors (Lipinski definition) is 4. The van der Waals surface area contributed by atoms with E-state index >= 15 is 0 Å². The molecule has 0 bridgehead atoms. The molecule has 2 rings (SSSR count). The maximum Gasteiger partial charge on any atom is 0.223 e. The van der Waals surface area contributed by atoms with Gasteiger partial charge in [0, 0.05) is 58.3 Å². The van der Waals surface area contributed by atoms with Crippen LogP contribution in [0.25, 0.3) is 0 Å². The van der Waals surface area contributed by atoms with Crippen molar-refractivity contribution in [2.75, 3.05) is 40.5 Å². The molecule has 1 amide bonds. The number of amides is 1. The fourth-order valence-electron chi connectivity index (χ4n) is 2.58. The minimum absolute atomic E-state index is 0. The van der Waals surface area contributed by atoms with Crippen molar-refractivity contribution in [1.82, 2.24) is 16.0 Å². The van der Waals surface area contributed by atoms with Gasteiger partial charge in [-0.3, -0.25) is 9.79 Å². The number of carbonyl (C=O) groups is 1. The number of aliphatic imine (C=N–C) groups is 1. The van der Waals surface area contributed by atoms with Crippen molar-refractivity contribution in [2.24, 2.45) is 10.9 Å². The van der Waals surface area contributed by atoms with Crippen molar-refractivity contribution in [3.05, 3.63) is 29.3 Å². The summed E-state index contributed by atoms with van der Waals surface area (Å²) in [6.45, 7) is 5.19. The molecule has 0 atom stereocenters. The molecule has 28 heavy (non-hydrogen) atoms. The van der Waals surface area contributed by atoms with E-state index < -0.39 is 0 Å². The number of aryl methyl sites for hydroxylation is 1. The molecule has 0 radical (unpaired) electrons. The Hall–Kier alpha value is -1.55. The normalized spacial score (nSPS) is 13.5. The third-order valence-electron chi connectivity index (χ3n) is 4.31. The Kier molecular flexibility index (Phi) is 11.9. The summed E-state index contributed by atoms with van der Waals surface area (Å²) in [6.07, 6.45) is 2.90. The number of benzene rings is 1. The van der Waals surface area contributed by atoms with E-state index in [0.717, 1.165) is 36.1 Å². The van der Waals surface area contributed by atoms with Crippen LogP contribution < -0.4 is 20.7 Å². The lowest BCUT2D eigenvalue weighted by molar-refractivity contribution is -0.122. The first-order valence-electron chi connectivity index (χ1n) is 9.57. The molecule has 1 aromatic carbocycles. The predicted octanol–water partition coefficient (Wildman–Crippen LogP) is 2.22. The van der Waals surface area contributed by atoms with Gasteiger partial charge >= 0.3 is 0 Å². The number of methoxy groups -OCH3 is 1. The Bertz CT molecular complexity index is 636. The monoisotopic (exact) mass is 504 g/mol. The molecule has 1 fully saturated rings.